The van der Waals surface area contributed by atoms with E-state index >= 15 is 0 Å². The highest BCUT2D eigenvalue weighted by Gasteiger charge is 2.14. The van der Waals surface area contributed by atoms with E-state index < -0.39 is 5.97 Å². The summed E-state index contributed by atoms with van der Waals surface area (Å²) >= 11 is 0. The lowest BCUT2D eigenvalue weighted by atomic mass is 10.1. The quantitative estimate of drug-likeness (QED) is 0.637. The number of benzene rings is 2. The van der Waals surface area contributed by atoms with Gasteiger partial charge < -0.3 is 18.9 Å². The van der Waals surface area contributed by atoms with E-state index in [-0.39, 0.29) is 12.2 Å². The van der Waals surface area contributed by atoms with E-state index in [0.717, 1.165) is 6.42 Å². The zero-order valence-corrected chi connectivity index (χ0v) is 15.7. The molecule has 0 spiro atoms. The third-order valence-electron chi connectivity index (χ3n) is 3.74. The lowest BCUT2D eigenvalue weighted by molar-refractivity contribution is 0.0597. The molecule has 0 saturated carbocycles. The van der Waals surface area contributed by atoms with Gasteiger partial charge in [0, 0.05) is 19.6 Å². The fraction of sp³-hybridized carbons (Fsp3) is 0.381. The lowest BCUT2D eigenvalue weighted by Gasteiger charge is -2.18. The highest BCUT2D eigenvalue weighted by atomic mass is 16.5. The number of carbonyl (C=O) groups excluding carboxylic acids is 1. The predicted molar refractivity (Wildman–Crippen MR) is 100.0 cm³/mol. The molecule has 0 aliphatic heterocycles. The van der Waals surface area contributed by atoms with Crippen molar-refractivity contribution in [3.05, 3.63) is 59.7 Å². The Hall–Kier alpha value is -2.53. The SMILES string of the molecule is COC[C@H](C)Oc1cc(O[C@H](C)Cc2ccccc2)cc(C(=O)OC)c1. The normalized spacial score (nSPS) is 12.9. The molecule has 0 saturated heterocycles. The molecule has 5 heteroatoms. The molecule has 0 bridgehead atoms. The average Bonchev–Trinajstić information content (AvgIpc) is 2.61. The van der Waals surface area contributed by atoms with Crippen molar-refractivity contribution in [2.75, 3.05) is 20.8 Å². The first-order valence-electron chi connectivity index (χ1n) is 8.61. The van der Waals surface area contributed by atoms with E-state index in [1.165, 1.54) is 12.7 Å². The van der Waals surface area contributed by atoms with Crippen LogP contribution in [0.3, 0.4) is 0 Å². The van der Waals surface area contributed by atoms with E-state index in [9.17, 15) is 4.79 Å². The summed E-state index contributed by atoms with van der Waals surface area (Å²) in [5, 5.41) is 0. The lowest BCUT2D eigenvalue weighted by Crippen LogP contribution is -2.19. The van der Waals surface area contributed by atoms with Gasteiger partial charge in [-0.05, 0) is 31.5 Å². The van der Waals surface area contributed by atoms with Gasteiger partial charge in [-0.3, -0.25) is 0 Å². The Labute approximate surface area is 154 Å². The van der Waals surface area contributed by atoms with Crippen LogP contribution in [0.1, 0.15) is 29.8 Å². The number of esters is 1. The molecule has 0 aromatic heterocycles. The molecule has 0 amide bonds. The van der Waals surface area contributed by atoms with Crippen molar-refractivity contribution >= 4 is 5.97 Å². The van der Waals surface area contributed by atoms with Gasteiger partial charge in [-0.15, -0.1) is 0 Å². The van der Waals surface area contributed by atoms with Crippen LogP contribution in [0.2, 0.25) is 0 Å². The molecule has 2 atom stereocenters. The van der Waals surface area contributed by atoms with Crippen molar-refractivity contribution in [1.82, 2.24) is 0 Å². The summed E-state index contributed by atoms with van der Waals surface area (Å²) in [5.74, 6) is 0.672. The maximum absolute atomic E-state index is 11.9. The van der Waals surface area contributed by atoms with E-state index in [4.69, 9.17) is 18.9 Å². The van der Waals surface area contributed by atoms with Crippen molar-refractivity contribution in [1.29, 1.82) is 0 Å². The Bertz CT molecular complexity index is 699. The predicted octanol–water partition coefficient (Wildman–Crippen LogP) is 3.90. The van der Waals surface area contributed by atoms with Crippen LogP contribution in [-0.4, -0.2) is 39.0 Å². The van der Waals surface area contributed by atoms with E-state index in [1.807, 2.05) is 32.0 Å². The van der Waals surface area contributed by atoms with Gasteiger partial charge in [-0.1, -0.05) is 30.3 Å². The van der Waals surface area contributed by atoms with Crippen molar-refractivity contribution in [2.45, 2.75) is 32.5 Å². The van der Waals surface area contributed by atoms with Gasteiger partial charge in [0.25, 0.3) is 0 Å². The first kappa shape index (κ1) is 19.8. The minimum atomic E-state index is -0.435. The topological polar surface area (TPSA) is 54.0 Å². The molecule has 0 aliphatic carbocycles. The smallest absolute Gasteiger partial charge is 0.338 e. The van der Waals surface area contributed by atoms with E-state index in [2.05, 4.69) is 12.1 Å². The standard InChI is InChI=1S/C21H26O5/c1-15(10-17-8-6-5-7-9-17)25-19-11-18(21(22)24-4)12-20(13-19)26-16(2)14-23-3/h5-9,11-13,15-16H,10,14H2,1-4H3/t15-,16+/m1/s1. The van der Waals surface area contributed by atoms with Gasteiger partial charge in [0.15, 0.2) is 0 Å². The summed E-state index contributed by atoms with van der Waals surface area (Å²) in [6.07, 6.45) is 0.552. The van der Waals surface area contributed by atoms with Crippen LogP contribution in [-0.2, 0) is 15.9 Å². The summed E-state index contributed by atoms with van der Waals surface area (Å²) in [4.78, 5) is 11.9. The minimum absolute atomic E-state index is 0.0606. The van der Waals surface area contributed by atoms with Gasteiger partial charge in [-0.2, -0.15) is 0 Å². The summed E-state index contributed by atoms with van der Waals surface area (Å²) in [6.45, 7) is 4.34. The Morgan fingerprint density at radius 1 is 0.923 bits per heavy atom. The number of hydrogen-bond donors (Lipinski definition) is 0. The summed E-state index contributed by atoms with van der Waals surface area (Å²) in [7, 11) is 2.96. The molecule has 0 N–H and O–H groups in total. The molecule has 0 heterocycles. The first-order chi connectivity index (χ1) is 12.5. The van der Waals surface area contributed by atoms with Crippen LogP contribution in [0.25, 0.3) is 0 Å². The molecule has 2 aromatic rings. The van der Waals surface area contributed by atoms with Gasteiger partial charge >= 0.3 is 5.97 Å². The number of carbonyl (C=O) groups is 1. The average molecular weight is 358 g/mol. The molecule has 26 heavy (non-hydrogen) atoms. The highest BCUT2D eigenvalue weighted by molar-refractivity contribution is 5.90. The van der Waals surface area contributed by atoms with Gasteiger partial charge in [0.1, 0.15) is 17.6 Å². The number of hydrogen-bond acceptors (Lipinski definition) is 5. The van der Waals surface area contributed by atoms with Crippen LogP contribution < -0.4 is 9.47 Å². The molecule has 0 radical (unpaired) electrons. The molecule has 5 nitrogen and oxygen atoms in total. The summed E-state index contributed by atoms with van der Waals surface area (Å²) in [6, 6.07) is 15.2. The monoisotopic (exact) mass is 358 g/mol. The second-order valence-electron chi connectivity index (χ2n) is 6.19. The maximum Gasteiger partial charge on any atom is 0.338 e. The molecule has 2 rings (SSSR count). The number of rotatable bonds is 9. The Balaban J connectivity index is 2.15. The van der Waals surface area contributed by atoms with Crippen molar-refractivity contribution in [3.63, 3.8) is 0 Å². The highest BCUT2D eigenvalue weighted by Crippen LogP contribution is 2.26. The maximum atomic E-state index is 11.9. The summed E-state index contributed by atoms with van der Waals surface area (Å²) < 4.78 is 21.7. The zero-order chi connectivity index (χ0) is 18.9. The van der Waals surface area contributed by atoms with Crippen molar-refractivity contribution in [2.24, 2.45) is 0 Å². The van der Waals surface area contributed by atoms with Crippen LogP contribution >= 0.6 is 0 Å². The first-order valence-corrected chi connectivity index (χ1v) is 8.61. The minimum Gasteiger partial charge on any atom is -0.490 e. The third kappa shape index (κ3) is 6.08. The fourth-order valence-electron chi connectivity index (χ4n) is 2.66. The molecule has 0 unspecified atom stereocenters. The van der Waals surface area contributed by atoms with E-state index in [1.54, 1.807) is 25.3 Å². The molecule has 140 valence electrons. The van der Waals surface area contributed by atoms with Crippen molar-refractivity contribution < 1.29 is 23.7 Å². The Kier molecular flexibility index (Phi) is 7.48. The van der Waals surface area contributed by atoms with Crippen LogP contribution in [0, 0.1) is 0 Å². The van der Waals surface area contributed by atoms with Crippen LogP contribution in [0.5, 0.6) is 11.5 Å². The molecule has 0 fully saturated rings. The fourth-order valence-corrected chi connectivity index (χ4v) is 2.66. The molecular weight excluding hydrogens is 332 g/mol. The second-order valence-corrected chi connectivity index (χ2v) is 6.19. The van der Waals surface area contributed by atoms with Gasteiger partial charge in [0.2, 0.25) is 0 Å². The molecule has 0 aliphatic rings. The second kappa shape index (κ2) is 9.82. The Morgan fingerprint density at radius 2 is 1.54 bits per heavy atom. The third-order valence-corrected chi connectivity index (χ3v) is 3.74. The van der Waals surface area contributed by atoms with Crippen LogP contribution in [0.4, 0.5) is 0 Å². The molecule has 2 aromatic carbocycles. The zero-order valence-electron chi connectivity index (χ0n) is 15.7. The van der Waals surface area contributed by atoms with Crippen LogP contribution in [0.15, 0.2) is 48.5 Å². The van der Waals surface area contributed by atoms with E-state index in [0.29, 0.717) is 23.7 Å². The number of methoxy groups -OCH3 is 2. The molecular formula is C21H26O5. The number of ether oxygens (including phenoxy) is 4. The largest absolute Gasteiger partial charge is 0.490 e. The summed E-state index contributed by atoms with van der Waals surface area (Å²) in [5.41, 5.74) is 1.57. The van der Waals surface area contributed by atoms with Gasteiger partial charge in [0.05, 0.1) is 25.4 Å². The van der Waals surface area contributed by atoms with Crippen molar-refractivity contribution in [3.8, 4) is 11.5 Å². The van der Waals surface area contributed by atoms with Gasteiger partial charge in [-0.25, -0.2) is 4.79 Å². The Morgan fingerprint density at radius 3 is 2.12 bits per heavy atom.